The lowest BCUT2D eigenvalue weighted by atomic mass is 10.00. The summed E-state index contributed by atoms with van der Waals surface area (Å²) in [5.74, 6) is 2.07. The predicted molar refractivity (Wildman–Crippen MR) is 93.3 cm³/mol. The fourth-order valence-electron chi connectivity index (χ4n) is 2.49. The average molecular weight is 318 g/mol. The Hall–Kier alpha value is -1.00. The number of thioether (sulfide) groups is 2. The second-order valence-corrected chi connectivity index (χ2v) is 7.32. The van der Waals surface area contributed by atoms with Crippen molar-refractivity contribution in [3.63, 3.8) is 0 Å². The molecule has 0 aliphatic heterocycles. The third-order valence-corrected chi connectivity index (χ3v) is 4.96. The maximum absolute atomic E-state index is 4.61. The van der Waals surface area contributed by atoms with Gasteiger partial charge in [-0.2, -0.15) is 0 Å². The van der Waals surface area contributed by atoms with E-state index < -0.39 is 0 Å². The fourth-order valence-corrected chi connectivity index (χ4v) is 4.13. The van der Waals surface area contributed by atoms with Crippen LogP contribution in [0, 0.1) is 26.8 Å². The van der Waals surface area contributed by atoms with Gasteiger partial charge in [-0.3, -0.25) is 4.98 Å². The minimum Gasteiger partial charge on any atom is -0.257 e. The molecule has 0 spiro atoms. The second kappa shape index (κ2) is 7.32. The zero-order chi connectivity index (χ0) is 15.4. The summed E-state index contributed by atoms with van der Waals surface area (Å²) >= 11 is 3.66. The molecule has 0 amide bonds. The van der Waals surface area contributed by atoms with Gasteiger partial charge in [0.1, 0.15) is 5.03 Å². The highest BCUT2D eigenvalue weighted by molar-refractivity contribution is 8.00. The molecular weight excluding hydrogens is 296 g/mol. The van der Waals surface area contributed by atoms with Gasteiger partial charge < -0.3 is 0 Å². The van der Waals surface area contributed by atoms with Crippen molar-refractivity contribution in [3.05, 3.63) is 35.3 Å². The van der Waals surface area contributed by atoms with E-state index in [1.54, 1.807) is 11.8 Å². The van der Waals surface area contributed by atoms with E-state index >= 15 is 0 Å². The number of rotatable bonds is 5. The van der Waals surface area contributed by atoms with Crippen molar-refractivity contribution in [1.82, 2.24) is 9.97 Å². The molecule has 0 fully saturated rings. The number of pyridine rings is 2. The lowest BCUT2D eigenvalue weighted by Crippen LogP contribution is -1.99. The van der Waals surface area contributed by atoms with Gasteiger partial charge in [0.05, 0.1) is 0 Å². The van der Waals surface area contributed by atoms with E-state index in [0.29, 0.717) is 0 Å². The Morgan fingerprint density at radius 2 is 1.76 bits per heavy atom. The highest BCUT2D eigenvalue weighted by atomic mass is 32.2. The molecule has 2 rings (SSSR count). The molecule has 2 aromatic heterocycles. The van der Waals surface area contributed by atoms with Crippen LogP contribution in [0.25, 0.3) is 11.1 Å². The summed E-state index contributed by atoms with van der Waals surface area (Å²) in [7, 11) is 0. The minimum atomic E-state index is 0.951. The largest absolute Gasteiger partial charge is 0.257 e. The number of hydrogen-bond donors (Lipinski definition) is 0. The van der Waals surface area contributed by atoms with Gasteiger partial charge in [-0.1, -0.05) is 13.8 Å². The zero-order valence-corrected chi connectivity index (χ0v) is 14.9. The Morgan fingerprint density at radius 3 is 2.38 bits per heavy atom. The Morgan fingerprint density at radius 1 is 1.05 bits per heavy atom. The van der Waals surface area contributed by atoms with Crippen molar-refractivity contribution in [3.8, 4) is 11.1 Å². The first-order chi connectivity index (χ1) is 10.1. The molecular formula is C17H21N2S2. The van der Waals surface area contributed by atoms with Gasteiger partial charge >= 0.3 is 0 Å². The smallest absolute Gasteiger partial charge is 0.105 e. The molecule has 0 aliphatic rings. The summed E-state index contributed by atoms with van der Waals surface area (Å²) in [6, 6.07) is 5.47. The monoisotopic (exact) mass is 317 g/mol. The van der Waals surface area contributed by atoms with Gasteiger partial charge in [-0.25, -0.2) is 4.98 Å². The Balaban J connectivity index is 2.71. The molecule has 0 aromatic carbocycles. The molecule has 0 aliphatic carbocycles. The quantitative estimate of drug-likeness (QED) is 0.717. The van der Waals surface area contributed by atoms with Crippen molar-refractivity contribution in [2.75, 3.05) is 11.5 Å². The molecule has 4 heteroatoms. The van der Waals surface area contributed by atoms with Crippen LogP contribution in [0.1, 0.15) is 30.8 Å². The van der Waals surface area contributed by atoms with Crippen LogP contribution in [0.5, 0.6) is 0 Å². The van der Waals surface area contributed by atoms with E-state index in [2.05, 4.69) is 49.8 Å². The molecule has 0 atom stereocenters. The predicted octanol–water partition coefficient (Wildman–Crippen LogP) is 5.09. The highest BCUT2D eigenvalue weighted by Gasteiger charge is 2.17. The first-order valence-electron chi connectivity index (χ1n) is 7.20. The molecule has 0 saturated carbocycles. The first kappa shape index (κ1) is 16.4. The molecule has 2 nitrogen and oxygen atoms in total. The molecule has 2 aromatic rings. The first-order valence-corrected chi connectivity index (χ1v) is 9.17. The Kier molecular flexibility index (Phi) is 5.71. The van der Waals surface area contributed by atoms with Gasteiger partial charge in [0, 0.05) is 39.7 Å². The van der Waals surface area contributed by atoms with Gasteiger partial charge in [-0.05, 0) is 43.9 Å². The van der Waals surface area contributed by atoms with E-state index in [1.165, 1.54) is 16.0 Å². The van der Waals surface area contributed by atoms with Crippen LogP contribution in [0.3, 0.4) is 0 Å². The van der Waals surface area contributed by atoms with Crippen molar-refractivity contribution in [2.24, 2.45) is 0 Å². The van der Waals surface area contributed by atoms with Gasteiger partial charge in [-0.15, -0.1) is 23.5 Å². The average Bonchev–Trinajstić information content (AvgIpc) is 2.41. The van der Waals surface area contributed by atoms with E-state index in [-0.39, 0.29) is 0 Å². The molecule has 1 radical (unpaired) electrons. The summed E-state index contributed by atoms with van der Waals surface area (Å²) in [6.07, 6.45) is 1.91. The number of aromatic nitrogens is 2. The fraction of sp³-hybridized carbons (Fsp3) is 0.412. The Labute approximate surface area is 136 Å². The lowest BCUT2D eigenvalue weighted by molar-refractivity contribution is 1.06. The van der Waals surface area contributed by atoms with Crippen molar-refractivity contribution >= 4 is 23.5 Å². The van der Waals surface area contributed by atoms with E-state index in [4.69, 9.17) is 0 Å². The topological polar surface area (TPSA) is 25.8 Å². The van der Waals surface area contributed by atoms with E-state index in [0.717, 1.165) is 33.5 Å². The van der Waals surface area contributed by atoms with Crippen LogP contribution >= 0.6 is 23.5 Å². The summed E-state index contributed by atoms with van der Waals surface area (Å²) in [5, 5.41) is 1.10. The summed E-state index contributed by atoms with van der Waals surface area (Å²) < 4.78 is 0. The Bertz CT molecular complexity index is 591. The van der Waals surface area contributed by atoms with Crippen LogP contribution in [-0.4, -0.2) is 21.5 Å². The third-order valence-electron chi connectivity index (χ3n) is 3.15. The number of aryl methyl sites for hydroxylation is 3. The van der Waals surface area contributed by atoms with Gasteiger partial charge in [0.2, 0.25) is 0 Å². The van der Waals surface area contributed by atoms with Crippen LogP contribution in [0.15, 0.2) is 22.2 Å². The highest BCUT2D eigenvalue weighted by Crippen LogP contribution is 2.40. The molecule has 0 unspecified atom stereocenters. The number of hydrogen-bond acceptors (Lipinski definition) is 4. The van der Waals surface area contributed by atoms with Crippen LogP contribution in [-0.2, 0) is 0 Å². The third kappa shape index (κ3) is 3.61. The zero-order valence-electron chi connectivity index (χ0n) is 13.3. The maximum Gasteiger partial charge on any atom is 0.105 e. The summed E-state index contributed by atoms with van der Waals surface area (Å²) in [6.45, 7) is 10.5. The van der Waals surface area contributed by atoms with Crippen molar-refractivity contribution < 1.29 is 0 Å². The number of nitrogens with zero attached hydrogens (tertiary/aromatic N) is 2. The molecule has 0 saturated heterocycles. The van der Waals surface area contributed by atoms with Crippen LogP contribution in [0.2, 0.25) is 0 Å². The lowest BCUT2D eigenvalue weighted by Gasteiger charge is -2.17. The normalized spacial score (nSPS) is 10.9. The molecule has 111 valence electrons. The van der Waals surface area contributed by atoms with Gasteiger partial charge in [0.25, 0.3) is 0 Å². The molecule has 21 heavy (non-hydrogen) atoms. The van der Waals surface area contributed by atoms with Gasteiger partial charge in [0.15, 0.2) is 0 Å². The van der Waals surface area contributed by atoms with Crippen LogP contribution in [0.4, 0.5) is 0 Å². The van der Waals surface area contributed by atoms with E-state index in [1.807, 2.05) is 24.9 Å². The molecule has 0 N–H and O–H groups in total. The maximum atomic E-state index is 4.61. The standard InChI is InChI=1S/C17H21N2S2/c1-6-20-14-8-9-18-17(21-7-2)16(14)15-11(3)10-12(4)19-13(15)5/h8-9H,6-7H2,1-5H3. The summed E-state index contributed by atoms with van der Waals surface area (Å²) in [5.41, 5.74) is 5.60. The van der Waals surface area contributed by atoms with Crippen LogP contribution < -0.4 is 0 Å². The molecule has 0 bridgehead atoms. The van der Waals surface area contributed by atoms with Crippen molar-refractivity contribution in [2.45, 2.75) is 44.5 Å². The second-order valence-electron chi connectivity index (χ2n) is 4.76. The summed E-state index contributed by atoms with van der Waals surface area (Å²) in [4.78, 5) is 10.5. The van der Waals surface area contributed by atoms with Crippen molar-refractivity contribution in [1.29, 1.82) is 0 Å². The minimum absolute atomic E-state index is 0.951. The van der Waals surface area contributed by atoms with E-state index in [9.17, 15) is 0 Å². The SMILES string of the molecule is CCSc1ccnc(SCC)c1-c1c(C)[c]c(C)nc1C. The molecule has 2 heterocycles.